The van der Waals surface area contributed by atoms with Crippen molar-refractivity contribution in [2.45, 2.75) is 25.1 Å². The zero-order valence-corrected chi connectivity index (χ0v) is 18.6. The summed E-state index contributed by atoms with van der Waals surface area (Å²) in [6.45, 7) is 6.79. The van der Waals surface area contributed by atoms with E-state index >= 15 is 0 Å². The molecule has 2 aromatic carbocycles. The second-order valence-corrected chi connectivity index (χ2v) is 8.75. The van der Waals surface area contributed by atoms with E-state index in [4.69, 9.17) is 33.2 Å². The van der Waals surface area contributed by atoms with E-state index in [0.717, 1.165) is 41.1 Å². The van der Waals surface area contributed by atoms with Crippen LogP contribution in [0.2, 0.25) is 0 Å². The molecular weight excluding hydrogens is 419 g/mol. The summed E-state index contributed by atoms with van der Waals surface area (Å²) < 4.78 is 0. The lowest BCUT2D eigenvalue weighted by Crippen LogP contribution is -2.38. The first-order valence-corrected chi connectivity index (χ1v) is 11.0. The van der Waals surface area contributed by atoms with Gasteiger partial charge in [0.05, 0.1) is 11.0 Å². The molecule has 1 amide bonds. The highest BCUT2D eigenvalue weighted by molar-refractivity contribution is 6.53. The van der Waals surface area contributed by atoms with E-state index in [1.807, 2.05) is 18.2 Å². The Balaban J connectivity index is 1.76. The van der Waals surface area contributed by atoms with Crippen LogP contribution < -0.4 is 4.90 Å². The van der Waals surface area contributed by atoms with E-state index in [0.29, 0.717) is 19.6 Å². The van der Waals surface area contributed by atoms with Crippen molar-refractivity contribution in [2.75, 3.05) is 31.1 Å². The van der Waals surface area contributed by atoms with Gasteiger partial charge in [-0.3, -0.25) is 4.79 Å². The minimum Gasteiger partial charge on any atom is -0.353 e. The van der Waals surface area contributed by atoms with Gasteiger partial charge in [-0.1, -0.05) is 53.5 Å². The van der Waals surface area contributed by atoms with Gasteiger partial charge >= 0.3 is 0 Å². The van der Waals surface area contributed by atoms with Gasteiger partial charge in [-0.05, 0) is 43.5 Å². The van der Waals surface area contributed by atoms with Gasteiger partial charge < -0.3 is 9.80 Å². The summed E-state index contributed by atoms with van der Waals surface area (Å²) in [5, 5.41) is 0. The number of fused-ring (bicyclic) bond motifs is 1. The fraction of sp³-hybridized carbons (Fsp3) is 0.348. The molecule has 4 rings (SSSR count). The second kappa shape index (κ2) is 8.78. The Morgan fingerprint density at radius 3 is 2.27 bits per heavy atom. The van der Waals surface area contributed by atoms with Gasteiger partial charge in [0.2, 0.25) is 0 Å². The zero-order valence-electron chi connectivity index (χ0n) is 17.1. The topological polar surface area (TPSA) is 49.3 Å². The number of anilines is 1. The summed E-state index contributed by atoms with van der Waals surface area (Å²) in [7, 11) is 0. The molecule has 30 heavy (non-hydrogen) atoms. The number of hydrogen-bond acceptors (Lipinski definition) is 4. The van der Waals surface area contributed by atoms with Crippen molar-refractivity contribution >= 4 is 46.0 Å². The number of benzene rings is 2. The molecule has 1 aromatic heterocycles. The van der Waals surface area contributed by atoms with E-state index in [1.54, 1.807) is 4.90 Å². The highest BCUT2D eigenvalue weighted by Gasteiger charge is 2.25. The largest absolute Gasteiger partial charge is 0.353 e. The first kappa shape index (κ1) is 20.9. The Hall–Kier alpha value is -2.37. The minimum absolute atomic E-state index is 0.237. The SMILES string of the molecule is Cc1cc2nc(-c3ccccc3)c(N3CCCN(C(=O)C(Cl)Cl)CC3)nc2cc1C. The third kappa shape index (κ3) is 4.23. The van der Waals surface area contributed by atoms with E-state index in [-0.39, 0.29) is 5.91 Å². The van der Waals surface area contributed by atoms with Crippen LogP contribution in [0.15, 0.2) is 42.5 Å². The van der Waals surface area contributed by atoms with Crippen LogP contribution in [0.5, 0.6) is 0 Å². The van der Waals surface area contributed by atoms with Crippen LogP contribution >= 0.6 is 23.2 Å². The Morgan fingerprint density at radius 1 is 0.933 bits per heavy atom. The fourth-order valence-corrected chi connectivity index (χ4v) is 4.08. The lowest BCUT2D eigenvalue weighted by molar-refractivity contribution is -0.129. The normalized spacial score (nSPS) is 15.0. The van der Waals surface area contributed by atoms with Crippen molar-refractivity contribution in [1.82, 2.24) is 14.9 Å². The molecule has 7 heteroatoms. The number of nitrogens with zero attached hydrogens (tertiary/aromatic N) is 4. The molecule has 0 radical (unpaired) electrons. The van der Waals surface area contributed by atoms with Gasteiger partial charge in [0.25, 0.3) is 5.91 Å². The molecule has 156 valence electrons. The quantitative estimate of drug-likeness (QED) is 0.548. The summed E-state index contributed by atoms with van der Waals surface area (Å²) in [6.07, 6.45) is 0.813. The maximum atomic E-state index is 12.2. The molecule has 1 fully saturated rings. The Kier molecular flexibility index (Phi) is 6.11. The lowest BCUT2D eigenvalue weighted by atomic mass is 10.1. The van der Waals surface area contributed by atoms with Crippen LogP contribution in [0.4, 0.5) is 5.82 Å². The van der Waals surface area contributed by atoms with E-state index in [1.165, 1.54) is 11.1 Å². The van der Waals surface area contributed by atoms with Crippen LogP contribution in [-0.4, -0.2) is 51.8 Å². The first-order chi connectivity index (χ1) is 14.4. The van der Waals surface area contributed by atoms with Crippen molar-refractivity contribution in [3.05, 3.63) is 53.6 Å². The average Bonchev–Trinajstić information content (AvgIpc) is 3.00. The molecule has 1 aliphatic rings. The summed E-state index contributed by atoms with van der Waals surface area (Å²) in [6, 6.07) is 14.3. The van der Waals surface area contributed by atoms with Gasteiger partial charge in [-0.15, -0.1) is 0 Å². The second-order valence-electron chi connectivity index (χ2n) is 7.65. The fourth-order valence-electron chi connectivity index (χ4n) is 3.80. The molecule has 0 unspecified atom stereocenters. The number of aromatic nitrogens is 2. The van der Waals surface area contributed by atoms with E-state index in [2.05, 4.69) is 43.0 Å². The highest BCUT2D eigenvalue weighted by Crippen LogP contribution is 2.31. The Morgan fingerprint density at radius 2 is 1.60 bits per heavy atom. The van der Waals surface area contributed by atoms with Crippen LogP contribution in [0, 0.1) is 13.8 Å². The number of carbonyl (C=O) groups is 1. The van der Waals surface area contributed by atoms with Gasteiger partial charge in [0.15, 0.2) is 10.7 Å². The number of halogens is 2. The number of aryl methyl sites for hydroxylation is 2. The monoisotopic (exact) mass is 442 g/mol. The van der Waals surface area contributed by atoms with E-state index < -0.39 is 4.84 Å². The van der Waals surface area contributed by atoms with Crippen LogP contribution in [0.1, 0.15) is 17.5 Å². The maximum Gasteiger partial charge on any atom is 0.255 e. The molecule has 0 aliphatic carbocycles. The first-order valence-electron chi connectivity index (χ1n) is 10.1. The molecule has 0 atom stereocenters. The average molecular weight is 443 g/mol. The molecule has 0 spiro atoms. The molecule has 0 N–H and O–H groups in total. The van der Waals surface area contributed by atoms with Crippen LogP contribution in [-0.2, 0) is 4.79 Å². The molecule has 2 heterocycles. The standard InChI is InChI=1S/C23H24Cl2N4O/c1-15-13-18-19(14-16(15)2)27-22(20(26-18)17-7-4-3-5-8-17)28-9-6-10-29(12-11-28)23(30)21(24)25/h3-5,7-8,13-14,21H,6,9-12H2,1-2H3. The third-order valence-electron chi connectivity index (χ3n) is 5.60. The van der Waals surface area contributed by atoms with E-state index in [9.17, 15) is 4.79 Å². The number of hydrogen-bond donors (Lipinski definition) is 0. The number of amides is 1. The predicted octanol–water partition coefficient (Wildman–Crippen LogP) is 4.76. The molecule has 1 aliphatic heterocycles. The number of carbonyl (C=O) groups excluding carboxylic acids is 1. The lowest BCUT2D eigenvalue weighted by Gasteiger charge is -2.25. The third-order valence-corrected chi connectivity index (χ3v) is 5.98. The Labute approximate surface area is 186 Å². The summed E-state index contributed by atoms with van der Waals surface area (Å²) in [5.41, 5.74) is 6.05. The number of alkyl halides is 2. The highest BCUT2D eigenvalue weighted by atomic mass is 35.5. The van der Waals surface area contributed by atoms with Gasteiger partial charge in [-0.2, -0.15) is 0 Å². The van der Waals surface area contributed by atoms with Crippen molar-refractivity contribution in [2.24, 2.45) is 0 Å². The molecule has 5 nitrogen and oxygen atoms in total. The molecule has 3 aromatic rings. The zero-order chi connectivity index (χ0) is 21.3. The Bertz CT molecular complexity index is 1070. The summed E-state index contributed by atoms with van der Waals surface area (Å²) in [5.74, 6) is 0.610. The van der Waals surface area contributed by atoms with Crippen molar-refractivity contribution < 1.29 is 4.79 Å². The van der Waals surface area contributed by atoms with Crippen molar-refractivity contribution in [3.8, 4) is 11.3 Å². The maximum absolute atomic E-state index is 12.2. The van der Waals surface area contributed by atoms with Crippen LogP contribution in [0.25, 0.3) is 22.3 Å². The number of rotatable bonds is 3. The molecule has 0 saturated carbocycles. The summed E-state index contributed by atoms with van der Waals surface area (Å²) in [4.78, 5) is 25.2. The minimum atomic E-state index is -1.02. The molecule has 0 bridgehead atoms. The summed E-state index contributed by atoms with van der Waals surface area (Å²) >= 11 is 11.6. The van der Waals surface area contributed by atoms with Gasteiger partial charge in [0.1, 0.15) is 5.69 Å². The van der Waals surface area contributed by atoms with Crippen molar-refractivity contribution in [1.29, 1.82) is 0 Å². The van der Waals surface area contributed by atoms with Crippen LogP contribution in [0.3, 0.4) is 0 Å². The van der Waals surface area contributed by atoms with Crippen molar-refractivity contribution in [3.63, 3.8) is 0 Å². The molecule has 1 saturated heterocycles. The van der Waals surface area contributed by atoms with Gasteiger partial charge in [-0.25, -0.2) is 9.97 Å². The smallest absolute Gasteiger partial charge is 0.255 e. The predicted molar refractivity (Wildman–Crippen MR) is 123 cm³/mol. The van der Waals surface area contributed by atoms with Gasteiger partial charge in [0, 0.05) is 31.7 Å². The molecular formula is C23H24Cl2N4O.